The molecule has 0 saturated carbocycles. The SMILES string of the molecule is N/C(=N/N=C/c1cn(-c2ccccc2)nc1-c1ccc(Br)cc1)S[Si](c1ccccc1)(c1ccccc1)c1ccccc1. The summed E-state index contributed by atoms with van der Waals surface area (Å²) in [5, 5.41) is 18.0. The first kappa shape index (κ1) is 28.6. The zero-order chi connectivity index (χ0) is 29.5. The van der Waals surface area contributed by atoms with E-state index < -0.39 is 7.22 Å². The van der Waals surface area contributed by atoms with Crippen molar-refractivity contribution in [1.29, 1.82) is 0 Å². The highest BCUT2D eigenvalue weighted by atomic mass is 79.9. The zero-order valence-corrected chi connectivity index (χ0v) is 26.6. The lowest BCUT2D eigenvalue weighted by atomic mass is 10.1. The molecule has 0 aliphatic rings. The minimum Gasteiger partial charge on any atom is -0.377 e. The summed E-state index contributed by atoms with van der Waals surface area (Å²) < 4.78 is 2.87. The van der Waals surface area contributed by atoms with E-state index in [-0.39, 0.29) is 0 Å². The smallest absolute Gasteiger partial charge is 0.218 e. The second kappa shape index (κ2) is 13.2. The van der Waals surface area contributed by atoms with Gasteiger partial charge in [-0.15, -0.1) is 5.10 Å². The zero-order valence-electron chi connectivity index (χ0n) is 23.2. The lowest BCUT2D eigenvalue weighted by Crippen LogP contribution is -2.65. The fourth-order valence-corrected chi connectivity index (χ4v) is 12.4. The fraction of sp³-hybridized carbons (Fsp3) is 0. The standard InChI is InChI=1S/C35H28BrN5SSi/c36-29-23-21-27(22-24-29)34-28(26-41(40-34)30-13-5-1-6-14-30)25-38-39-35(37)42-43(31-15-7-2-8-16-31,32-17-9-3-10-18-32)33-19-11-4-12-20-33/h1-26H,(H2,37,39)/b38-25+. The Bertz CT molecular complexity index is 1750. The first-order valence-corrected chi connectivity index (χ1v) is 18.1. The average Bonchev–Trinajstić information content (AvgIpc) is 3.50. The number of nitrogens with zero attached hydrogens (tertiary/aromatic N) is 4. The van der Waals surface area contributed by atoms with Crippen LogP contribution < -0.4 is 21.3 Å². The Morgan fingerprint density at radius 3 is 1.70 bits per heavy atom. The van der Waals surface area contributed by atoms with E-state index in [4.69, 9.17) is 10.8 Å². The summed E-state index contributed by atoms with van der Waals surface area (Å²) in [6.07, 6.45) is 3.69. The second-order valence-corrected chi connectivity index (χ2v) is 16.9. The number of amidine groups is 1. The molecule has 5 aromatic carbocycles. The van der Waals surface area contributed by atoms with Gasteiger partial charge in [0.25, 0.3) is 0 Å². The number of para-hydroxylation sites is 1. The third-order valence-corrected chi connectivity index (χ3v) is 15.3. The van der Waals surface area contributed by atoms with E-state index in [1.165, 1.54) is 15.6 Å². The Hall–Kier alpha value is -4.50. The van der Waals surface area contributed by atoms with Crippen LogP contribution in [0.25, 0.3) is 16.9 Å². The fourth-order valence-electron chi connectivity index (χ4n) is 5.05. The second-order valence-electron chi connectivity index (χ2n) is 9.78. The Labute approximate surface area is 264 Å². The molecule has 0 aliphatic carbocycles. The van der Waals surface area contributed by atoms with Gasteiger partial charge in [-0.3, -0.25) is 0 Å². The molecule has 0 spiro atoms. The van der Waals surface area contributed by atoms with Gasteiger partial charge in [0.05, 0.1) is 11.9 Å². The molecule has 0 unspecified atom stereocenters. The normalized spacial score (nSPS) is 12.1. The maximum Gasteiger partial charge on any atom is 0.218 e. The molecule has 0 saturated heterocycles. The number of nitrogens with two attached hydrogens (primary N) is 1. The molecular formula is C35H28BrN5SSi. The Morgan fingerprint density at radius 2 is 1.19 bits per heavy atom. The van der Waals surface area contributed by atoms with Crippen LogP contribution in [0.5, 0.6) is 0 Å². The molecule has 0 bridgehead atoms. The van der Waals surface area contributed by atoms with Crippen molar-refractivity contribution >= 4 is 61.3 Å². The van der Waals surface area contributed by atoms with E-state index in [1.807, 2.05) is 83.7 Å². The molecule has 0 atom stereocenters. The molecule has 1 aromatic heterocycles. The van der Waals surface area contributed by atoms with Crippen LogP contribution >= 0.6 is 27.1 Å². The van der Waals surface area contributed by atoms with Crippen LogP contribution in [0.2, 0.25) is 0 Å². The summed E-state index contributed by atoms with van der Waals surface area (Å²) in [6.45, 7) is 0. The van der Waals surface area contributed by atoms with Crippen molar-refractivity contribution in [3.8, 4) is 16.9 Å². The summed E-state index contributed by atoms with van der Waals surface area (Å²) in [7, 11) is -2.66. The van der Waals surface area contributed by atoms with Crippen molar-refractivity contribution in [1.82, 2.24) is 9.78 Å². The van der Waals surface area contributed by atoms with Crippen LogP contribution in [-0.2, 0) is 0 Å². The summed E-state index contributed by atoms with van der Waals surface area (Å²) in [5.41, 5.74) is 10.3. The molecule has 5 nitrogen and oxygen atoms in total. The Kier molecular flexibility index (Phi) is 8.79. The van der Waals surface area contributed by atoms with Gasteiger partial charge in [-0.25, -0.2) is 4.68 Å². The molecular weight excluding hydrogens is 630 g/mol. The number of aromatic nitrogens is 2. The highest BCUT2D eigenvalue weighted by Crippen LogP contribution is 2.25. The van der Waals surface area contributed by atoms with Gasteiger partial charge in [0.15, 0.2) is 5.17 Å². The van der Waals surface area contributed by atoms with Crippen molar-refractivity contribution in [2.24, 2.45) is 15.9 Å². The summed E-state index contributed by atoms with van der Waals surface area (Å²) in [4.78, 5) is 0. The van der Waals surface area contributed by atoms with Crippen molar-refractivity contribution in [2.75, 3.05) is 0 Å². The number of halogens is 1. The molecule has 6 aromatic rings. The summed E-state index contributed by atoms with van der Waals surface area (Å²) in [6, 6.07) is 49.9. The molecule has 0 fully saturated rings. The topological polar surface area (TPSA) is 68.6 Å². The van der Waals surface area contributed by atoms with Gasteiger partial charge < -0.3 is 5.73 Å². The predicted octanol–water partition coefficient (Wildman–Crippen LogP) is 6.35. The lowest BCUT2D eigenvalue weighted by molar-refractivity contribution is 0.884. The third kappa shape index (κ3) is 6.32. The van der Waals surface area contributed by atoms with Crippen LogP contribution in [0, 0.1) is 0 Å². The molecule has 210 valence electrons. The van der Waals surface area contributed by atoms with Crippen molar-refractivity contribution in [2.45, 2.75) is 0 Å². The maximum atomic E-state index is 6.71. The third-order valence-electron chi connectivity index (χ3n) is 7.03. The highest BCUT2D eigenvalue weighted by molar-refractivity contribution is 9.10. The summed E-state index contributed by atoms with van der Waals surface area (Å²) >= 11 is 5.15. The number of rotatable bonds is 8. The highest BCUT2D eigenvalue weighted by Gasteiger charge is 2.41. The first-order valence-electron chi connectivity index (χ1n) is 13.8. The van der Waals surface area contributed by atoms with Crippen LogP contribution in [0.4, 0.5) is 0 Å². The van der Waals surface area contributed by atoms with Crippen LogP contribution in [-0.4, -0.2) is 28.4 Å². The van der Waals surface area contributed by atoms with E-state index >= 15 is 0 Å². The molecule has 0 amide bonds. The Morgan fingerprint density at radius 1 is 0.698 bits per heavy atom. The van der Waals surface area contributed by atoms with Gasteiger partial charge >= 0.3 is 0 Å². The summed E-state index contributed by atoms with van der Waals surface area (Å²) in [5.74, 6) is 0. The van der Waals surface area contributed by atoms with E-state index in [0.29, 0.717) is 5.17 Å². The minimum atomic E-state index is -2.66. The molecule has 43 heavy (non-hydrogen) atoms. The minimum absolute atomic E-state index is 0.403. The van der Waals surface area contributed by atoms with Gasteiger partial charge in [0.1, 0.15) is 5.69 Å². The van der Waals surface area contributed by atoms with E-state index in [2.05, 4.69) is 98.9 Å². The predicted molar refractivity (Wildman–Crippen MR) is 187 cm³/mol. The Balaban J connectivity index is 1.39. The molecule has 1 heterocycles. The van der Waals surface area contributed by atoms with Gasteiger partial charge in [-0.2, -0.15) is 10.2 Å². The molecule has 8 heteroatoms. The number of hydrogen-bond donors (Lipinski definition) is 1. The largest absolute Gasteiger partial charge is 0.377 e. The van der Waals surface area contributed by atoms with Gasteiger partial charge in [-0.1, -0.05) is 148 Å². The van der Waals surface area contributed by atoms with Gasteiger partial charge in [0, 0.05) is 21.8 Å². The maximum absolute atomic E-state index is 6.71. The quantitative estimate of drug-likeness (QED) is 0.0682. The van der Waals surface area contributed by atoms with Gasteiger partial charge in [-0.05, 0) is 39.8 Å². The van der Waals surface area contributed by atoms with E-state index in [0.717, 1.165) is 27.0 Å². The molecule has 0 aliphatic heterocycles. The van der Waals surface area contributed by atoms with Crippen LogP contribution in [0.15, 0.2) is 166 Å². The van der Waals surface area contributed by atoms with E-state index in [1.54, 1.807) is 17.4 Å². The van der Waals surface area contributed by atoms with E-state index in [9.17, 15) is 0 Å². The molecule has 0 radical (unpaired) electrons. The number of hydrogen-bond acceptors (Lipinski definition) is 4. The number of benzene rings is 5. The molecule has 2 N–H and O–H groups in total. The lowest BCUT2D eigenvalue weighted by Gasteiger charge is -2.32. The van der Waals surface area contributed by atoms with Crippen LogP contribution in [0.1, 0.15) is 5.56 Å². The molecule has 6 rings (SSSR count). The van der Waals surface area contributed by atoms with Crippen molar-refractivity contribution in [3.05, 3.63) is 162 Å². The van der Waals surface area contributed by atoms with Crippen LogP contribution in [0.3, 0.4) is 0 Å². The average molecular weight is 659 g/mol. The first-order chi connectivity index (χ1) is 21.1. The van der Waals surface area contributed by atoms with Gasteiger partial charge in [0.2, 0.25) is 7.22 Å². The monoisotopic (exact) mass is 657 g/mol. The van der Waals surface area contributed by atoms with Crippen molar-refractivity contribution in [3.63, 3.8) is 0 Å². The van der Waals surface area contributed by atoms with Crippen molar-refractivity contribution < 1.29 is 0 Å².